The number of aliphatic imine (C=N–C) groups is 1. The number of para-hydroxylation sites is 1. The zero-order valence-corrected chi connectivity index (χ0v) is 17.9. The highest BCUT2D eigenvalue weighted by molar-refractivity contribution is 6.20. The molecule has 3 rings (SSSR count). The summed E-state index contributed by atoms with van der Waals surface area (Å²) in [6.07, 6.45) is 2.58. The molecule has 162 valence electrons. The number of amides is 3. The van der Waals surface area contributed by atoms with Crippen molar-refractivity contribution in [2.45, 2.75) is 32.9 Å². The number of carbonyl (C=O) groups excluding carboxylic acids is 3. The second-order valence-electron chi connectivity index (χ2n) is 8.04. The maximum absolute atomic E-state index is 13.2. The van der Waals surface area contributed by atoms with Crippen molar-refractivity contribution in [3.05, 3.63) is 59.9 Å². The van der Waals surface area contributed by atoms with Crippen molar-refractivity contribution in [1.82, 2.24) is 10.3 Å². The molecule has 8 heteroatoms. The number of nitrogens with two attached hydrogens (primary N) is 1. The molecule has 2 heterocycles. The van der Waals surface area contributed by atoms with Crippen LogP contribution in [0.4, 0.5) is 5.69 Å². The predicted octanol–water partition coefficient (Wildman–Crippen LogP) is 1.88. The summed E-state index contributed by atoms with van der Waals surface area (Å²) in [5.41, 5.74) is 8.07. The third-order valence-corrected chi connectivity index (χ3v) is 5.13. The van der Waals surface area contributed by atoms with Crippen molar-refractivity contribution >= 4 is 29.1 Å². The van der Waals surface area contributed by atoms with Gasteiger partial charge in [-0.3, -0.25) is 19.4 Å². The summed E-state index contributed by atoms with van der Waals surface area (Å²) in [5.74, 6) is -1.79. The summed E-state index contributed by atoms with van der Waals surface area (Å²) in [7, 11) is 1.65. The van der Waals surface area contributed by atoms with Gasteiger partial charge in [-0.2, -0.15) is 0 Å². The van der Waals surface area contributed by atoms with Gasteiger partial charge in [0.25, 0.3) is 5.91 Å². The van der Waals surface area contributed by atoms with Crippen molar-refractivity contribution in [3.63, 3.8) is 0 Å². The topological polar surface area (TPSA) is 118 Å². The Labute approximate surface area is 181 Å². The second-order valence-corrected chi connectivity index (χ2v) is 8.04. The van der Waals surface area contributed by atoms with Crippen LogP contribution in [0.1, 0.15) is 37.8 Å². The lowest BCUT2D eigenvalue weighted by molar-refractivity contribution is -0.132. The molecule has 1 aromatic heterocycles. The largest absolute Gasteiger partial charge is 0.370 e. The van der Waals surface area contributed by atoms with Gasteiger partial charge in [0.05, 0.1) is 11.4 Å². The number of rotatable bonds is 7. The first-order valence-corrected chi connectivity index (χ1v) is 10.2. The van der Waals surface area contributed by atoms with E-state index in [1.165, 1.54) is 4.90 Å². The van der Waals surface area contributed by atoms with Crippen LogP contribution in [-0.4, -0.2) is 41.6 Å². The van der Waals surface area contributed by atoms with Crippen LogP contribution in [-0.2, 0) is 14.4 Å². The summed E-state index contributed by atoms with van der Waals surface area (Å²) >= 11 is 0. The maximum atomic E-state index is 13.2. The molecule has 8 nitrogen and oxygen atoms in total. The van der Waals surface area contributed by atoms with Crippen molar-refractivity contribution in [1.29, 1.82) is 0 Å². The first-order valence-electron chi connectivity index (χ1n) is 10.2. The Balaban J connectivity index is 2.00. The molecule has 31 heavy (non-hydrogen) atoms. The minimum Gasteiger partial charge on any atom is -0.370 e. The van der Waals surface area contributed by atoms with Crippen LogP contribution in [0.5, 0.6) is 0 Å². The number of pyridine rings is 1. The van der Waals surface area contributed by atoms with Crippen LogP contribution in [0.25, 0.3) is 0 Å². The average Bonchev–Trinajstić information content (AvgIpc) is 2.84. The third-order valence-electron chi connectivity index (χ3n) is 5.13. The lowest BCUT2D eigenvalue weighted by Gasteiger charge is -2.23. The SMILES string of the molecule is CC(C)C[C@H](CC(N)=O)C(=O)NC1N=C(c2cccnc2)c2ccccc2N(C)C1=O. The van der Waals surface area contributed by atoms with Crippen molar-refractivity contribution in [2.75, 3.05) is 11.9 Å². The van der Waals surface area contributed by atoms with E-state index >= 15 is 0 Å². The molecule has 1 unspecified atom stereocenters. The molecule has 0 saturated carbocycles. The number of nitrogens with one attached hydrogen (secondary N) is 1. The Morgan fingerprint density at radius 1 is 1.19 bits per heavy atom. The van der Waals surface area contributed by atoms with Crippen LogP contribution in [0.3, 0.4) is 0 Å². The van der Waals surface area contributed by atoms with Gasteiger partial charge in [0, 0.05) is 42.9 Å². The van der Waals surface area contributed by atoms with Gasteiger partial charge in [0.15, 0.2) is 0 Å². The maximum Gasteiger partial charge on any atom is 0.272 e. The van der Waals surface area contributed by atoms with E-state index in [2.05, 4.69) is 15.3 Å². The van der Waals surface area contributed by atoms with E-state index in [1.807, 2.05) is 44.2 Å². The molecule has 1 aliphatic heterocycles. The zero-order valence-electron chi connectivity index (χ0n) is 17.9. The molecule has 0 saturated heterocycles. The van der Waals surface area contributed by atoms with Gasteiger partial charge >= 0.3 is 0 Å². The lowest BCUT2D eigenvalue weighted by atomic mass is 9.93. The molecular weight excluding hydrogens is 394 g/mol. The first kappa shape index (κ1) is 22.1. The third kappa shape index (κ3) is 5.14. The zero-order chi connectivity index (χ0) is 22.5. The molecule has 2 aromatic rings. The van der Waals surface area contributed by atoms with Crippen molar-refractivity contribution in [3.8, 4) is 0 Å². The molecule has 1 aliphatic rings. The number of fused-ring (bicyclic) bond motifs is 1. The predicted molar refractivity (Wildman–Crippen MR) is 118 cm³/mol. The highest BCUT2D eigenvalue weighted by Crippen LogP contribution is 2.27. The molecule has 3 amide bonds. The van der Waals surface area contributed by atoms with E-state index in [1.54, 1.807) is 25.5 Å². The monoisotopic (exact) mass is 421 g/mol. The molecule has 0 spiro atoms. The van der Waals surface area contributed by atoms with Crippen molar-refractivity contribution < 1.29 is 14.4 Å². The van der Waals surface area contributed by atoms with Crippen LogP contribution in [0.2, 0.25) is 0 Å². The number of benzene rings is 1. The van der Waals surface area contributed by atoms with Crippen LogP contribution >= 0.6 is 0 Å². The fraction of sp³-hybridized carbons (Fsp3) is 0.348. The molecular formula is C23H27N5O3. The molecule has 0 fully saturated rings. The summed E-state index contributed by atoms with van der Waals surface area (Å²) < 4.78 is 0. The normalized spacial score (nSPS) is 16.9. The Bertz CT molecular complexity index is 1000. The van der Waals surface area contributed by atoms with Gasteiger partial charge in [0.1, 0.15) is 0 Å². The number of nitrogens with zero attached hydrogens (tertiary/aromatic N) is 3. The van der Waals surface area contributed by atoms with Gasteiger partial charge in [-0.1, -0.05) is 32.0 Å². The second kappa shape index (κ2) is 9.51. The van der Waals surface area contributed by atoms with E-state index in [4.69, 9.17) is 5.73 Å². The van der Waals surface area contributed by atoms with Crippen LogP contribution in [0, 0.1) is 11.8 Å². The number of aromatic nitrogens is 1. The van der Waals surface area contributed by atoms with E-state index in [0.717, 1.165) is 11.1 Å². The summed E-state index contributed by atoms with van der Waals surface area (Å²) in [6, 6.07) is 11.1. The Hall–Kier alpha value is -3.55. The van der Waals surface area contributed by atoms with Crippen molar-refractivity contribution in [2.24, 2.45) is 22.6 Å². The van der Waals surface area contributed by atoms with Crippen LogP contribution in [0.15, 0.2) is 53.8 Å². The highest BCUT2D eigenvalue weighted by Gasteiger charge is 2.33. The quantitative estimate of drug-likeness (QED) is 0.709. The summed E-state index contributed by atoms with van der Waals surface area (Å²) in [5, 5.41) is 2.74. The molecule has 2 atom stereocenters. The highest BCUT2D eigenvalue weighted by atomic mass is 16.2. The smallest absolute Gasteiger partial charge is 0.272 e. The van der Waals surface area contributed by atoms with E-state index in [-0.39, 0.29) is 18.2 Å². The fourth-order valence-corrected chi connectivity index (χ4v) is 3.70. The average molecular weight is 422 g/mol. The number of hydrogen-bond donors (Lipinski definition) is 2. The van der Waals surface area contributed by atoms with E-state index in [9.17, 15) is 14.4 Å². The number of anilines is 1. The fourth-order valence-electron chi connectivity index (χ4n) is 3.70. The Morgan fingerprint density at radius 3 is 2.58 bits per heavy atom. The van der Waals surface area contributed by atoms with Gasteiger partial charge in [0.2, 0.25) is 18.0 Å². The van der Waals surface area contributed by atoms with E-state index in [0.29, 0.717) is 17.8 Å². The van der Waals surface area contributed by atoms with Crippen LogP contribution < -0.4 is 16.0 Å². The Morgan fingerprint density at radius 2 is 1.94 bits per heavy atom. The van der Waals surface area contributed by atoms with Gasteiger partial charge < -0.3 is 16.0 Å². The summed E-state index contributed by atoms with van der Waals surface area (Å²) in [6.45, 7) is 3.92. The first-order chi connectivity index (χ1) is 14.8. The lowest BCUT2D eigenvalue weighted by Crippen LogP contribution is -2.48. The van der Waals surface area contributed by atoms with E-state index < -0.39 is 23.9 Å². The Kier molecular flexibility index (Phi) is 6.79. The number of likely N-dealkylation sites (N-methyl/N-ethyl adjacent to an activating group) is 1. The minimum absolute atomic E-state index is 0.0832. The standard InChI is InChI=1S/C23H27N5O3/c1-14(2)11-16(12-19(24)29)22(30)27-21-23(31)28(3)18-9-5-4-8-17(18)20(26-21)15-7-6-10-25-13-15/h4-10,13-14,16,21H,11-12H2,1-3H3,(H2,24,29)(H,27,30)/t16-,21?/m1/s1. The molecule has 1 aromatic carbocycles. The van der Waals surface area contributed by atoms with Gasteiger partial charge in [-0.15, -0.1) is 0 Å². The van der Waals surface area contributed by atoms with Gasteiger partial charge in [-0.25, -0.2) is 4.99 Å². The summed E-state index contributed by atoms with van der Waals surface area (Å²) in [4.78, 5) is 47.9. The molecule has 3 N–H and O–H groups in total. The number of benzodiazepines with no additional fused rings is 1. The number of carbonyl (C=O) groups is 3. The molecule has 0 aliphatic carbocycles. The van der Waals surface area contributed by atoms with Gasteiger partial charge in [-0.05, 0) is 30.5 Å². The minimum atomic E-state index is -1.14. The molecule has 0 radical (unpaired) electrons. The molecule has 0 bridgehead atoms. The number of primary amides is 1. The number of hydrogen-bond acceptors (Lipinski definition) is 5.